The number of H-pyrrole nitrogens is 1. The van der Waals surface area contributed by atoms with E-state index in [2.05, 4.69) is 15.1 Å². The lowest BCUT2D eigenvalue weighted by molar-refractivity contribution is 0.626. The molecule has 0 amide bonds. The van der Waals surface area contributed by atoms with Crippen molar-refractivity contribution in [2.45, 2.75) is 0 Å². The van der Waals surface area contributed by atoms with Gasteiger partial charge in [0.15, 0.2) is 17.3 Å². The summed E-state index contributed by atoms with van der Waals surface area (Å²) in [4.78, 5) is 32.5. The number of fused-ring (bicyclic) bond motifs is 1. The lowest BCUT2D eigenvalue weighted by Crippen LogP contribution is -2.29. The van der Waals surface area contributed by atoms with Crippen LogP contribution in [0.1, 0.15) is 0 Å². The average molecular weight is 273 g/mol. The molecule has 0 atom stereocenters. The first-order chi connectivity index (χ1) is 9.56. The molecule has 7 nitrogen and oxygen atoms in total. The van der Waals surface area contributed by atoms with Crippen molar-refractivity contribution in [3.8, 4) is 22.9 Å². The molecule has 1 aromatic rings. The minimum absolute atomic E-state index is 0.0406. The third kappa shape index (κ3) is 1.87. The zero-order valence-electron chi connectivity index (χ0n) is 10.3. The van der Waals surface area contributed by atoms with Crippen molar-refractivity contribution < 1.29 is 4.39 Å². The maximum atomic E-state index is 13.7. The average Bonchev–Trinajstić information content (AvgIpc) is 2.40. The molecule has 100 valence electrons. The van der Waals surface area contributed by atoms with Gasteiger partial charge in [0.05, 0.1) is 5.56 Å². The molecule has 0 spiro atoms. The van der Waals surface area contributed by atoms with Crippen LogP contribution < -0.4 is 11.2 Å². The minimum Gasteiger partial charge on any atom is -0.271 e. The van der Waals surface area contributed by atoms with Gasteiger partial charge in [-0.05, 0) is 12.1 Å². The third-order valence-electron chi connectivity index (χ3n) is 2.74. The lowest BCUT2D eigenvalue weighted by atomic mass is 10.2. The van der Waals surface area contributed by atoms with E-state index in [9.17, 15) is 14.0 Å². The van der Waals surface area contributed by atoms with Gasteiger partial charge in [-0.25, -0.2) is 18.9 Å². The molecule has 2 heterocycles. The summed E-state index contributed by atoms with van der Waals surface area (Å²) in [6.07, 6.45) is 0. The van der Waals surface area contributed by atoms with E-state index in [-0.39, 0.29) is 22.9 Å². The Morgan fingerprint density at radius 2 is 1.95 bits per heavy atom. The van der Waals surface area contributed by atoms with E-state index in [1.165, 1.54) is 29.9 Å². The molecule has 1 aromatic carbocycles. The molecule has 0 saturated heterocycles. The van der Waals surface area contributed by atoms with Crippen molar-refractivity contribution in [1.29, 1.82) is 0 Å². The molecule has 8 heteroatoms. The van der Waals surface area contributed by atoms with Gasteiger partial charge < -0.3 is 0 Å². The van der Waals surface area contributed by atoms with E-state index in [0.29, 0.717) is 0 Å². The number of benzene rings is 1. The molecule has 0 aromatic heterocycles. The van der Waals surface area contributed by atoms with Gasteiger partial charge in [0.25, 0.3) is 5.56 Å². The Bertz CT molecular complexity index is 886. The maximum Gasteiger partial charge on any atom is 0.349 e. The Hall–Kier alpha value is -2.90. The summed E-state index contributed by atoms with van der Waals surface area (Å²) in [7, 11) is 1.50. The van der Waals surface area contributed by atoms with Crippen LogP contribution in [0.2, 0.25) is 0 Å². The normalized spacial score (nSPS) is 10.9. The second-order valence-electron chi connectivity index (χ2n) is 4.08. The number of hydrogen-bond donors (Lipinski definition) is 1. The molecule has 1 N–H and O–H groups in total. The molecular weight excluding hydrogens is 265 g/mol. The van der Waals surface area contributed by atoms with Gasteiger partial charge in [-0.3, -0.25) is 9.78 Å². The Balaban J connectivity index is 2.36. The highest BCUT2D eigenvalue weighted by atomic mass is 19.1. The first kappa shape index (κ1) is 12.2. The first-order valence-electron chi connectivity index (χ1n) is 5.66. The molecule has 0 radical (unpaired) electrons. The van der Waals surface area contributed by atoms with Crippen molar-refractivity contribution in [2.24, 2.45) is 7.05 Å². The molecular formula is C12H8FN5O2. The monoisotopic (exact) mass is 273 g/mol. The Morgan fingerprint density at radius 3 is 2.70 bits per heavy atom. The fourth-order valence-corrected chi connectivity index (χ4v) is 1.84. The number of nitrogens with zero attached hydrogens (tertiary/aromatic N) is 4. The second kappa shape index (κ2) is 4.34. The van der Waals surface area contributed by atoms with E-state index in [4.69, 9.17) is 0 Å². The quantitative estimate of drug-likeness (QED) is 0.682. The van der Waals surface area contributed by atoms with Crippen molar-refractivity contribution in [3.63, 3.8) is 0 Å². The maximum absolute atomic E-state index is 13.7. The predicted octanol–water partition coefficient (Wildman–Crippen LogP) is 0.169. The summed E-state index contributed by atoms with van der Waals surface area (Å²) >= 11 is 0. The first-order valence-corrected chi connectivity index (χ1v) is 5.66. The van der Waals surface area contributed by atoms with E-state index in [1.807, 2.05) is 4.98 Å². The third-order valence-corrected chi connectivity index (χ3v) is 2.74. The van der Waals surface area contributed by atoms with Crippen molar-refractivity contribution in [2.75, 3.05) is 0 Å². The van der Waals surface area contributed by atoms with E-state index in [1.54, 1.807) is 6.07 Å². The number of hydrogen-bond acceptors (Lipinski definition) is 5. The highest BCUT2D eigenvalue weighted by Crippen LogP contribution is 2.20. The molecule has 2 aliphatic heterocycles. The number of aryl methyl sites for hydroxylation is 1. The van der Waals surface area contributed by atoms with Crippen molar-refractivity contribution >= 4 is 0 Å². The molecule has 0 unspecified atom stereocenters. The fourth-order valence-electron chi connectivity index (χ4n) is 1.84. The highest BCUT2D eigenvalue weighted by Gasteiger charge is 2.18. The number of nitrogens with one attached hydrogen (secondary N) is 1. The van der Waals surface area contributed by atoms with Crippen LogP contribution in [0.4, 0.5) is 4.39 Å². The summed E-state index contributed by atoms with van der Waals surface area (Å²) in [6.45, 7) is 0. The highest BCUT2D eigenvalue weighted by molar-refractivity contribution is 5.59. The van der Waals surface area contributed by atoms with Crippen LogP contribution in [-0.4, -0.2) is 24.7 Å². The Labute approximate surface area is 111 Å². The van der Waals surface area contributed by atoms with Crippen molar-refractivity contribution in [3.05, 3.63) is 50.9 Å². The van der Waals surface area contributed by atoms with Crippen molar-refractivity contribution in [1.82, 2.24) is 24.7 Å². The zero-order chi connectivity index (χ0) is 14.3. The van der Waals surface area contributed by atoms with Gasteiger partial charge in [-0.2, -0.15) is 10.1 Å². The topological polar surface area (TPSA) is 93.5 Å². The smallest absolute Gasteiger partial charge is 0.271 e. The second-order valence-corrected chi connectivity index (χ2v) is 4.08. The Kier molecular flexibility index (Phi) is 2.63. The van der Waals surface area contributed by atoms with Crippen LogP contribution in [0.5, 0.6) is 0 Å². The standard InChI is InChI=1S/C12H8FN5O2/c1-18-10-8(11(19)16-12(20)15-10)14-9(17-18)6-4-2-3-5-7(6)13/h2-5H,1H3,(H,16,19,20). The van der Waals surface area contributed by atoms with Gasteiger partial charge >= 0.3 is 5.69 Å². The SMILES string of the molecule is Cn1nc(-c2ccccc2F)nc2c(=O)[nH]c(=O)nc1-2. The Morgan fingerprint density at radius 1 is 1.20 bits per heavy atom. The lowest BCUT2D eigenvalue weighted by Gasteiger charge is -2.09. The van der Waals surface area contributed by atoms with E-state index >= 15 is 0 Å². The number of aromatic nitrogens is 5. The van der Waals surface area contributed by atoms with Crippen LogP contribution in [0.15, 0.2) is 33.9 Å². The number of aromatic amines is 1. The minimum atomic E-state index is -0.777. The van der Waals surface area contributed by atoms with Crippen LogP contribution in [0, 0.1) is 5.82 Å². The van der Waals surface area contributed by atoms with Crippen LogP contribution in [-0.2, 0) is 7.05 Å². The van der Waals surface area contributed by atoms with E-state index in [0.717, 1.165) is 0 Å². The molecule has 0 bridgehead atoms. The summed E-state index contributed by atoms with van der Waals surface area (Å²) in [5.74, 6) is -0.417. The molecule has 0 fully saturated rings. The number of halogens is 1. The van der Waals surface area contributed by atoms with Crippen LogP contribution in [0.3, 0.4) is 0 Å². The zero-order valence-corrected chi connectivity index (χ0v) is 10.3. The molecule has 0 aliphatic carbocycles. The summed E-state index contributed by atoms with van der Waals surface area (Å²) in [5, 5.41) is 4.03. The largest absolute Gasteiger partial charge is 0.349 e. The molecule has 2 aliphatic rings. The fraction of sp³-hybridized carbons (Fsp3) is 0.0833. The van der Waals surface area contributed by atoms with Crippen LogP contribution >= 0.6 is 0 Å². The predicted molar refractivity (Wildman–Crippen MR) is 67.7 cm³/mol. The number of rotatable bonds is 1. The van der Waals surface area contributed by atoms with Gasteiger partial charge in [0, 0.05) is 7.05 Å². The van der Waals surface area contributed by atoms with E-state index < -0.39 is 17.1 Å². The summed E-state index contributed by atoms with van der Waals surface area (Å²) in [5.41, 5.74) is -1.37. The van der Waals surface area contributed by atoms with Gasteiger partial charge in [0.1, 0.15) is 5.82 Å². The molecule has 0 saturated carbocycles. The van der Waals surface area contributed by atoms with Gasteiger partial charge in [-0.1, -0.05) is 12.1 Å². The van der Waals surface area contributed by atoms with Gasteiger partial charge in [-0.15, -0.1) is 0 Å². The van der Waals surface area contributed by atoms with Crippen LogP contribution in [0.25, 0.3) is 22.9 Å². The van der Waals surface area contributed by atoms with Gasteiger partial charge in [0.2, 0.25) is 0 Å². The molecule has 3 rings (SSSR count). The summed E-state index contributed by atoms with van der Waals surface area (Å²) in [6, 6.07) is 5.94. The molecule has 20 heavy (non-hydrogen) atoms. The summed E-state index contributed by atoms with van der Waals surface area (Å²) < 4.78 is 15.0.